The highest BCUT2D eigenvalue weighted by Gasteiger charge is 2.30. The summed E-state index contributed by atoms with van der Waals surface area (Å²) < 4.78 is 19.1. The molecule has 0 aliphatic carbocycles. The molecular formula is C15H15FN4O. The number of benzene rings is 1. The predicted molar refractivity (Wildman–Crippen MR) is 78.9 cm³/mol. The fraction of sp³-hybridized carbons (Fsp3) is 0.200. The maximum Gasteiger partial charge on any atom is 0.212 e. The van der Waals surface area contributed by atoms with Crippen LogP contribution >= 0.6 is 0 Å². The van der Waals surface area contributed by atoms with Crippen molar-refractivity contribution in [1.82, 2.24) is 4.98 Å². The Bertz CT molecular complexity index is 672. The maximum absolute atomic E-state index is 14.0. The Morgan fingerprint density at radius 3 is 2.76 bits per heavy atom. The molecule has 1 unspecified atom stereocenters. The number of para-hydroxylation sites is 1. The molecule has 1 atom stereocenters. The second-order valence-corrected chi connectivity index (χ2v) is 4.67. The van der Waals surface area contributed by atoms with Crippen LogP contribution < -0.4 is 15.4 Å². The lowest BCUT2D eigenvalue weighted by Crippen LogP contribution is -2.36. The quantitative estimate of drug-likeness (QED) is 0.938. The van der Waals surface area contributed by atoms with Gasteiger partial charge in [0.25, 0.3) is 0 Å². The van der Waals surface area contributed by atoms with Crippen LogP contribution in [0.5, 0.6) is 5.88 Å². The Balaban J connectivity index is 1.97. The number of aromatic nitrogens is 1. The van der Waals surface area contributed by atoms with Crippen molar-refractivity contribution in [2.24, 2.45) is 10.7 Å². The third kappa shape index (κ3) is 2.40. The van der Waals surface area contributed by atoms with Crippen LogP contribution in [0.25, 0.3) is 0 Å². The molecule has 5 nitrogen and oxygen atoms in total. The maximum atomic E-state index is 14.0. The lowest BCUT2D eigenvalue weighted by Gasteiger charge is -2.26. The van der Waals surface area contributed by atoms with Crippen molar-refractivity contribution >= 4 is 11.6 Å². The number of ether oxygens (including phenoxy) is 1. The second-order valence-electron chi connectivity index (χ2n) is 4.67. The van der Waals surface area contributed by atoms with E-state index in [4.69, 9.17) is 10.5 Å². The van der Waals surface area contributed by atoms with Gasteiger partial charge in [0.05, 0.1) is 25.4 Å². The van der Waals surface area contributed by atoms with Crippen LogP contribution in [0.3, 0.4) is 0 Å². The zero-order valence-electron chi connectivity index (χ0n) is 11.5. The lowest BCUT2D eigenvalue weighted by atomic mass is 10.1. The van der Waals surface area contributed by atoms with Crippen molar-refractivity contribution in [2.75, 3.05) is 18.6 Å². The number of hydrogen-bond acceptors (Lipinski definition) is 5. The summed E-state index contributed by atoms with van der Waals surface area (Å²) >= 11 is 0. The smallest absolute Gasteiger partial charge is 0.212 e. The van der Waals surface area contributed by atoms with Gasteiger partial charge < -0.3 is 15.4 Å². The van der Waals surface area contributed by atoms with Crippen LogP contribution in [0, 0.1) is 5.82 Å². The average Bonchev–Trinajstić information content (AvgIpc) is 2.89. The monoisotopic (exact) mass is 286 g/mol. The Kier molecular flexibility index (Phi) is 3.43. The molecule has 0 bridgehead atoms. The fourth-order valence-electron chi connectivity index (χ4n) is 2.40. The molecule has 0 fully saturated rings. The van der Waals surface area contributed by atoms with Crippen molar-refractivity contribution in [3.8, 4) is 5.88 Å². The highest BCUT2D eigenvalue weighted by atomic mass is 19.1. The third-order valence-corrected chi connectivity index (χ3v) is 3.45. The van der Waals surface area contributed by atoms with E-state index in [1.807, 2.05) is 6.07 Å². The van der Waals surface area contributed by atoms with Gasteiger partial charge in [0.1, 0.15) is 5.82 Å². The van der Waals surface area contributed by atoms with Crippen molar-refractivity contribution in [2.45, 2.75) is 6.04 Å². The number of nitrogens with two attached hydrogens (primary N) is 1. The van der Waals surface area contributed by atoms with E-state index in [1.54, 1.807) is 42.5 Å². The predicted octanol–water partition coefficient (Wildman–Crippen LogP) is 2.11. The first-order valence-electron chi connectivity index (χ1n) is 6.54. The van der Waals surface area contributed by atoms with Crippen molar-refractivity contribution in [1.29, 1.82) is 0 Å². The number of halogens is 1. The minimum Gasteiger partial charge on any atom is -0.481 e. The molecule has 0 saturated carbocycles. The van der Waals surface area contributed by atoms with Gasteiger partial charge in [-0.1, -0.05) is 12.1 Å². The van der Waals surface area contributed by atoms with E-state index >= 15 is 0 Å². The van der Waals surface area contributed by atoms with Crippen LogP contribution in [0.1, 0.15) is 11.6 Å². The van der Waals surface area contributed by atoms with E-state index in [2.05, 4.69) is 9.98 Å². The molecule has 0 saturated heterocycles. The first-order valence-corrected chi connectivity index (χ1v) is 6.54. The normalized spacial score (nSPS) is 17.7. The first-order chi connectivity index (χ1) is 10.2. The van der Waals surface area contributed by atoms with Gasteiger partial charge in [0, 0.05) is 12.3 Å². The number of pyridine rings is 1. The number of aliphatic imine (C=N–C) groups is 1. The number of rotatable bonds is 3. The van der Waals surface area contributed by atoms with Gasteiger partial charge in [-0.05, 0) is 23.8 Å². The molecule has 1 aliphatic heterocycles. The molecular weight excluding hydrogens is 271 g/mol. The molecule has 3 rings (SSSR count). The van der Waals surface area contributed by atoms with E-state index in [0.717, 1.165) is 5.56 Å². The Morgan fingerprint density at radius 1 is 1.29 bits per heavy atom. The summed E-state index contributed by atoms with van der Waals surface area (Å²) in [6.07, 6.45) is 1.70. The molecule has 0 radical (unpaired) electrons. The van der Waals surface area contributed by atoms with Gasteiger partial charge in [0.2, 0.25) is 5.88 Å². The molecule has 2 heterocycles. The molecule has 21 heavy (non-hydrogen) atoms. The van der Waals surface area contributed by atoms with Crippen LogP contribution in [-0.2, 0) is 0 Å². The van der Waals surface area contributed by atoms with Gasteiger partial charge in [-0.15, -0.1) is 0 Å². The highest BCUT2D eigenvalue weighted by Crippen LogP contribution is 2.32. The SMILES string of the molecule is COc1ccc(C2CN=C(N)N2c2ccccc2F)cn1. The molecule has 6 heteroatoms. The molecule has 1 aromatic heterocycles. The molecule has 108 valence electrons. The van der Waals surface area contributed by atoms with Crippen molar-refractivity contribution < 1.29 is 9.13 Å². The molecule has 0 amide bonds. The Hall–Kier alpha value is -2.63. The van der Waals surface area contributed by atoms with Crippen LogP contribution in [0.4, 0.5) is 10.1 Å². The molecule has 2 N–H and O–H groups in total. The highest BCUT2D eigenvalue weighted by molar-refractivity contribution is 5.97. The summed E-state index contributed by atoms with van der Waals surface area (Å²) in [5.74, 6) is 0.507. The third-order valence-electron chi connectivity index (χ3n) is 3.45. The van der Waals surface area contributed by atoms with Crippen LogP contribution in [0.15, 0.2) is 47.6 Å². The minimum atomic E-state index is -0.330. The molecule has 0 spiro atoms. The summed E-state index contributed by atoms with van der Waals surface area (Å²) in [7, 11) is 1.56. The number of guanidine groups is 1. The Morgan fingerprint density at radius 2 is 2.10 bits per heavy atom. The number of hydrogen-bond donors (Lipinski definition) is 1. The minimum absolute atomic E-state index is 0.166. The second kappa shape index (κ2) is 5.40. The zero-order valence-corrected chi connectivity index (χ0v) is 11.5. The standard InChI is InChI=1S/C15H15FN4O/c1-21-14-7-6-10(8-18-14)13-9-19-15(17)20(13)12-5-3-2-4-11(12)16/h2-8,13H,9H2,1H3,(H2,17,19). The van der Waals surface area contributed by atoms with Gasteiger partial charge in [-0.3, -0.25) is 4.99 Å². The van der Waals surface area contributed by atoms with E-state index in [0.29, 0.717) is 24.1 Å². The van der Waals surface area contributed by atoms with E-state index in [-0.39, 0.29) is 11.9 Å². The van der Waals surface area contributed by atoms with Gasteiger partial charge in [-0.25, -0.2) is 9.37 Å². The number of anilines is 1. The molecule has 2 aromatic rings. The lowest BCUT2D eigenvalue weighted by molar-refractivity contribution is 0.397. The fourth-order valence-corrected chi connectivity index (χ4v) is 2.40. The van der Waals surface area contributed by atoms with Crippen molar-refractivity contribution in [3.63, 3.8) is 0 Å². The first kappa shape index (κ1) is 13.4. The van der Waals surface area contributed by atoms with E-state index < -0.39 is 0 Å². The summed E-state index contributed by atoms with van der Waals surface area (Å²) in [5, 5.41) is 0. The van der Waals surface area contributed by atoms with Crippen LogP contribution in [0.2, 0.25) is 0 Å². The van der Waals surface area contributed by atoms with Gasteiger partial charge in [0.15, 0.2) is 5.96 Å². The van der Waals surface area contributed by atoms with Gasteiger partial charge >= 0.3 is 0 Å². The van der Waals surface area contributed by atoms with Gasteiger partial charge in [-0.2, -0.15) is 0 Å². The van der Waals surface area contributed by atoms with Crippen molar-refractivity contribution in [3.05, 3.63) is 54.0 Å². The Labute approximate surface area is 121 Å². The topological polar surface area (TPSA) is 63.7 Å². The summed E-state index contributed by atoms with van der Waals surface area (Å²) in [6, 6.07) is 10.00. The van der Waals surface area contributed by atoms with Crippen LogP contribution in [-0.4, -0.2) is 24.6 Å². The molecule has 1 aromatic carbocycles. The van der Waals surface area contributed by atoms with E-state index in [9.17, 15) is 4.39 Å². The summed E-state index contributed by atoms with van der Waals surface area (Å²) in [4.78, 5) is 10.1. The summed E-state index contributed by atoms with van der Waals surface area (Å²) in [6.45, 7) is 0.466. The zero-order chi connectivity index (χ0) is 14.8. The number of methoxy groups -OCH3 is 1. The van der Waals surface area contributed by atoms with E-state index in [1.165, 1.54) is 6.07 Å². The average molecular weight is 286 g/mol. The molecule has 1 aliphatic rings. The summed E-state index contributed by atoms with van der Waals surface area (Å²) in [5.41, 5.74) is 7.25. The number of nitrogens with zero attached hydrogens (tertiary/aromatic N) is 3. The largest absolute Gasteiger partial charge is 0.481 e.